The average Bonchev–Trinajstić information content (AvgIpc) is 2.89. The molecule has 0 aromatic carbocycles. The highest BCUT2D eigenvalue weighted by Crippen LogP contribution is 2.27. The number of rotatable bonds is 6. The van der Waals surface area contributed by atoms with Gasteiger partial charge in [0.25, 0.3) is 0 Å². The minimum Gasteiger partial charge on any atom is -0.618 e. The van der Waals surface area contributed by atoms with Crippen molar-refractivity contribution in [3.05, 3.63) is 36.0 Å². The van der Waals surface area contributed by atoms with Gasteiger partial charge in [-0.3, -0.25) is 9.59 Å². The standard InChI is InChI=1S/C20H28N3O5S/c24-18-15-22(29(27,28)20-10-4-5-14-23(20)26)13-6-9-17(18)21-19(25)12-11-16-7-2-1-3-8-16/h4-5,10,12,14,16-17H,1-3,6-9,11,13,15H2,(H,21,25)/t17-/m0/s1. The zero-order valence-corrected chi connectivity index (χ0v) is 17.3. The molecule has 1 saturated carbocycles. The van der Waals surface area contributed by atoms with E-state index >= 15 is 0 Å². The first-order chi connectivity index (χ1) is 13.9. The summed E-state index contributed by atoms with van der Waals surface area (Å²) in [7, 11) is -4.08. The fourth-order valence-corrected chi connectivity index (χ4v) is 5.50. The van der Waals surface area contributed by atoms with Crippen LogP contribution in [0.1, 0.15) is 51.4 Å². The van der Waals surface area contributed by atoms with Crippen molar-refractivity contribution in [3.63, 3.8) is 0 Å². The summed E-state index contributed by atoms with van der Waals surface area (Å²) in [6, 6.07) is 3.42. The van der Waals surface area contributed by atoms with E-state index < -0.39 is 21.1 Å². The highest BCUT2D eigenvalue weighted by molar-refractivity contribution is 7.89. The van der Waals surface area contributed by atoms with E-state index in [4.69, 9.17) is 0 Å². The van der Waals surface area contributed by atoms with E-state index in [0.717, 1.165) is 23.3 Å². The van der Waals surface area contributed by atoms with Crippen LogP contribution in [0.4, 0.5) is 0 Å². The number of carbonyl (C=O) groups excluding carboxylic acids is 2. The van der Waals surface area contributed by atoms with E-state index in [-0.39, 0.29) is 29.5 Å². The first-order valence-electron chi connectivity index (χ1n) is 10.2. The third-order valence-corrected chi connectivity index (χ3v) is 7.53. The van der Waals surface area contributed by atoms with Gasteiger partial charge in [-0.15, -0.1) is 0 Å². The molecule has 1 N–H and O–H groups in total. The van der Waals surface area contributed by atoms with Crippen molar-refractivity contribution in [3.8, 4) is 0 Å². The lowest BCUT2D eigenvalue weighted by Gasteiger charge is -2.21. The van der Waals surface area contributed by atoms with Crippen molar-refractivity contribution in [2.75, 3.05) is 13.1 Å². The summed E-state index contributed by atoms with van der Waals surface area (Å²) in [6.45, 7) is -0.230. The molecule has 2 fully saturated rings. The maximum atomic E-state index is 12.8. The second-order valence-corrected chi connectivity index (χ2v) is 9.70. The molecular formula is C20H28N3O5S. The maximum absolute atomic E-state index is 12.8. The van der Waals surface area contributed by atoms with Crippen LogP contribution in [0.25, 0.3) is 0 Å². The number of sulfonamides is 1. The number of Topliss-reactive ketones (excluding diaryl/α,β-unsaturated/α-hetero) is 1. The van der Waals surface area contributed by atoms with Crippen molar-refractivity contribution in [2.24, 2.45) is 5.92 Å². The number of nitrogens with zero attached hydrogens (tertiary/aromatic N) is 2. The van der Waals surface area contributed by atoms with Gasteiger partial charge in [-0.25, -0.2) is 8.42 Å². The molecule has 29 heavy (non-hydrogen) atoms. The Balaban J connectivity index is 1.57. The molecule has 1 radical (unpaired) electrons. The number of nitrogens with one attached hydrogen (secondary N) is 1. The van der Waals surface area contributed by atoms with Crippen molar-refractivity contribution in [1.29, 1.82) is 0 Å². The Kier molecular flexibility index (Phi) is 7.23. The molecule has 2 heterocycles. The lowest BCUT2D eigenvalue weighted by atomic mass is 9.86. The van der Waals surface area contributed by atoms with E-state index in [9.17, 15) is 23.2 Å². The number of pyridine rings is 1. The van der Waals surface area contributed by atoms with Crippen molar-refractivity contribution >= 4 is 21.7 Å². The molecule has 1 aromatic heterocycles. The Morgan fingerprint density at radius 3 is 2.69 bits per heavy atom. The number of amides is 1. The van der Waals surface area contributed by atoms with E-state index in [1.165, 1.54) is 37.5 Å². The van der Waals surface area contributed by atoms with Gasteiger partial charge in [-0.2, -0.15) is 9.04 Å². The molecule has 0 bridgehead atoms. The van der Waals surface area contributed by atoms with Crippen molar-refractivity contribution in [1.82, 2.24) is 9.62 Å². The molecule has 1 aromatic rings. The normalized spacial score (nSPS) is 22.2. The van der Waals surface area contributed by atoms with Crippen LogP contribution in [0.2, 0.25) is 0 Å². The van der Waals surface area contributed by atoms with Gasteiger partial charge >= 0.3 is 15.0 Å². The number of hydrogen-bond acceptors (Lipinski definition) is 5. The third kappa shape index (κ3) is 5.54. The molecule has 2 aliphatic rings. The Hall–Kier alpha value is -2.00. The number of aromatic nitrogens is 1. The Bertz CT molecular complexity index is 836. The van der Waals surface area contributed by atoms with Gasteiger partial charge in [0.1, 0.15) is 0 Å². The fraction of sp³-hybridized carbons (Fsp3) is 0.600. The van der Waals surface area contributed by atoms with Gasteiger partial charge in [0.2, 0.25) is 5.91 Å². The van der Waals surface area contributed by atoms with Crippen LogP contribution < -0.4 is 10.0 Å². The molecule has 8 nitrogen and oxygen atoms in total. The van der Waals surface area contributed by atoms with Gasteiger partial charge in [-0.05, 0) is 31.2 Å². The highest BCUT2D eigenvalue weighted by Gasteiger charge is 2.36. The summed E-state index contributed by atoms with van der Waals surface area (Å²) in [5, 5.41) is 14.2. The van der Waals surface area contributed by atoms with Gasteiger partial charge in [0.15, 0.2) is 12.0 Å². The van der Waals surface area contributed by atoms with Crippen molar-refractivity contribution in [2.45, 2.75) is 62.4 Å². The first kappa shape index (κ1) is 21.7. The maximum Gasteiger partial charge on any atom is 0.323 e. The zero-order valence-electron chi connectivity index (χ0n) is 16.5. The SMILES string of the molecule is O=C([CH]CC1CCCCC1)N[C@H]1CCCN(S(=O)(=O)c2cccc[n+]2[O-])CC1=O. The molecule has 1 amide bonds. The van der Waals surface area contributed by atoms with E-state index in [2.05, 4.69) is 5.32 Å². The minimum absolute atomic E-state index is 0.126. The predicted molar refractivity (Wildman–Crippen MR) is 106 cm³/mol. The smallest absolute Gasteiger partial charge is 0.323 e. The molecule has 1 saturated heterocycles. The van der Waals surface area contributed by atoms with E-state index in [1.54, 1.807) is 6.42 Å². The number of ketones is 1. The molecule has 0 unspecified atom stereocenters. The largest absolute Gasteiger partial charge is 0.618 e. The lowest BCUT2D eigenvalue weighted by Crippen LogP contribution is -2.46. The Labute approximate surface area is 171 Å². The van der Waals surface area contributed by atoms with Gasteiger partial charge in [0.05, 0.1) is 12.6 Å². The summed E-state index contributed by atoms with van der Waals surface area (Å²) in [4.78, 5) is 24.9. The van der Waals surface area contributed by atoms with Crippen LogP contribution in [0.5, 0.6) is 0 Å². The molecular weight excluding hydrogens is 394 g/mol. The third-order valence-electron chi connectivity index (χ3n) is 5.69. The molecule has 9 heteroatoms. The fourth-order valence-electron chi connectivity index (χ4n) is 4.03. The van der Waals surface area contributed by atoms with Crippen LogP contribution in [-0.4, -0.2) is 43.5 Å². The van der Waals surface area contributed by atoms with Crippen molar-refractivity contribution < 1.29 is 22.7 Å². The Morgan fingerprint density at radius 2 is 1.97 bits per heavy atom. The quantitative estimate of drug-likeness (QED) is 0.549. The number of carbonyl (C=O) groups is 2. The molecule has 159 valence electrons. The number of hydrogen-bond donors (Lipinski definition) is 1. The summed E-state index contributed by atoms with van der Waals surface area (Å²) in [5.41, 5.74) is 0. The predicted octanol–water partition coefficient (Wildman–Crippen LogP) is 1.33. The highest BCUT2D eigenvalue weighted by atomic mass is 32.2. The first-order valence-corrected chi connectivity index (χ1v) is 11.7. The topological polar surface area (TPSA) is 110 Å². The molecule has 3 rings (SSSR count). The summed E-state index contributed by atoms with van der Waals surface area (Å²) in [5.74, 6) is -0.103. The Morgan fingerprint density at radius 1 is 1.21 bits per heavy atom. The van der Waals surface area contributed by atoms with Crippen LogP contribution in [0.3, 0.4) is 0 Å². The summed E-state index contributed by atoms with van der Waals surface area (Å²) in [6.07, 6.45) is 10.2. The summed E-state index contributed by atoms with van der Waals surface area (Å²) >= 11 is 0. The zero-order chi connectivity index (χ0) is 20.9. The van der Waals surface area contributed by atoms with Gasteiger partial charge in [0, 0.05) is 25.1 Å². The molecule has 1 atom stereocenters. The van der Waals surface area contributed by atoms with Gasteiger partial charge < -0.3 is 10.5 Å². The molecule has 1 aliphatic heterocycles. The van der Waals surface area contributed by atoms with Gasteiger partial charge in [-0.1, -0.05) is 32.1 Å². The van der Waals surface area contributed by atoms with Crippen LogP contribution in [0, 0.1) is 17.5 Å². The lowest BCUT2D eigenvalue weighted by molar-refractivity contribution is -0.646. The van der Waals surface area contributed by atoms with Crippen LogP contribution in [-0.2, 0) is 19.6 Å². The molecule has 1 aliphatic carbocycles. The summed E-state index contributed by atoms with van der Waals surface area (Å²) < 4.78 is 26.9. The average molecular weight is 423 g/mol. The van der Waals surface area contributed by atoms with Crippen LogP contribution >= 0.6 is 0 Å². The van der Waals surface area contributed by atoms with E-state index in [0.29, 0.717) is 25.2 Å². The molecule has 0 spiro atoms. The second kappa shape index (κ2) is 9.67. The monoisotopic (exact) mass is 422 g/mol. The second-order valence-electron chi connectivity index (χ2n) is 7.82. The van der Waals surface area contributed by atoms with E-state index in [1.807, 2.05) is 0 Å². The minimum atomic E-state index is -4.08. The van der Waals surface area contributed by atoms with Crippen LogP contribution in [0.15, 0.2) is 29.4 Å².